The zero-order valence-electron chi connectivity index (χ0n) is 10.1. The predicted octanol–water partition coefficient (Wildman–Crippen LogP) is 3.62. The molecule has 0 heterocycles. The van der Waals surface area contributed by atoms with E-state index < -0.39 is 0 Å². The molecule has 1 rings (SSSR count). The minimum absolute atomic E-state index is 0.319. The summed E-state index contributed by atoms with van der Waals surface area (Å²) in [6.07, 6.45) is 7.59. The highest BCUT2D eigenvalue weighted by Gasteiger charge is 2.04. The highest BCUT2D eigenvalue weighted by molar-refractivity contribution is 5.90. The lowest BCUT2D eigenvalue weighted by molar-refractivity contribution is 0.0601. The Morgan fingerprint density at radius 2 is 1.82 bits per heavy atom. The Bertz CT molecular complexity index is 450. The highest BCUT2D eigenvalue weighted by atomic mass is 16.5. The Balaban J connectivity index is 2.97. The molecule has 2 heteroatoms. The summed E-state index contributed by atoms with van der Waals surface area (Å²) in [4.78, 5) is 11.3. The lowest BCUT2D eigenvalue weighted by atomic mass is 10.0. The van der Waals surface area contributed by atoms with E-state index >= 15 is 0 Å². The summed E-state index contributed by atoms with van der Waals surface area (Å²) in [5.74, 6) is -0.319. The van der Waals surface area contributed by atoms with Gasteiger partial charge in [-0.1, -0.05) is 43.0 Å². The molecular weight excluding hydrogens is 212 g/mol. The van der Waals surface area contributed by atoms with E-state index in [9.17, 15) is 4.79 Å². The highest BCUT2D eigenvalue weighted by Crippen LogP contribution is 2.17. The average molecular weight is 228 g/mol. The summed E-state index contributed by atoms with van der Waals surface area (Å²) in [6, 6.07) is 7.31. The summed E-state index contributed by atoms with van der Waals surface area (Å²) in [5, 5.41) is 0. The van der Waals surface area contributed by atoms with Gasteiger partial charge in [-0.15, -0.1) is 0 Å². The third kappa shape index (κ3) is 3.45. The lowest BCUT2D eigenvalue weighted by Crippen LogP contribution is -2.00. The molecule has 0 unspecified atom stereocenters. The first-order chi connectivity index (χ1) is 8.22. The first-order valence-electron chi connectivity index (χ1n) is 5.37. The van der Waals surface area contributed by atoms with E-state index in [0.29, 0.717) is 5.56 Å². The van der Waals surface area contributed by atoms with Gasteiger partial charge >= 0.3 is 5.97 Å². The van der Waals surface area contributed by atoms with Crippen molar-refractivity contribution in [2.75, 3.05) is 7.11 Å². The summed E-state index contributed by atoms with van der Waals surface area (Å²) < 4.78 is 4.65. The van der Waals surface area contributed by atoms with Crippen molar-refractivity contribution in [3.63, 3.8) is 0 Å². The van der Waals surface area contributed by atoms with Crippen LogP contribution in [0.2, 0.25) is 0 Å². The minimum Gasteiger partial charge on any atom is -0.465 e. The van der Waals surface area contributed by atoms with E-state index in [1.165, 1.54) is 7.11 Å². The summed E-state index contributed by atoms with van der Waals surface area (Å²) >= 11 is 0. The Morgan fingerprint density at radius 1 is 1.24 bits per heavy atom. The molecule has 88 valence electrons. The van der Waals surface area contributed by atoms with E-state index in [-0.39, 0.29) is 5.97 Å². The standard InChI is InChI=1S/C15H16O2/c1-4-6-7-12(5-2)13-8-10-14(11-9-13)15(16)17-3/h4-11H,1H2,2-3H3/b7-6-,12-5+. The number of rotatable bonds is 4. The number of esters is 1. The second-order valence-corrected chi connectivity index (χ2v) is 3.41. The topological polar surface area (TPSA) is 26.3 Å². The molecule has 1 aromatic rings. The first kappa shape index (κ1) is 13.0. The van der Waals surface area contributed by atoms with Gasteiger partial charge in [0, 0.05) is 0 Å². The average Bonchev–Trinajstić information content (AvgIpc) is 2.39. The van der Waals surface area contributed by atoms with Crippen molar-refractivity contribution in [3.8, 4) is 0 Å². The molecule has 0 bridgehead atoms. The molecule has 0 atom stereocenters. The molecule has 2 nitrogen and oxygen atoms in total. The van der Waals surface area contributed by atoms with Crippen LogP contribution >= 0.6 is 0 Å². The van der Waals surface area contributed by atoms with Gasteiger partial charge < -0.3 is 4.74 Å². The maximum absolute atomic E-state index is 11.3. The molecule has 0 amide bonds. The van der Waals surface area contributed by atoms with Crippen LogP contribution < -0.4 is 0 Å². The summed E-state index contributed by atoms with van der Waals surface area (Å²) in [5.41, 5.74) is 2.69. The molecule has 0 radical (unpaired) electrons. The van der Waals surface area contributed by atoms with Crippen LogP contribution in [-0.2, 0) is 4.74 Å². The van der Waals surface area contributed by atoms with Gasteiger partial charge in [0.2, 0.25) is 0 Å². The van der Waals surface area contributed by atoms with Gasteiger partial charge in [0.25, 0.3) is 0 Å². The molecule has 17 heavy (non-hydrogen) atoms. The quantitative estimate of drug-likeness (QED) is 0.581. The van der Waals surface area contributed by atoms with Crippen molar-refractivity contribution in [2.24, 2.45) is 0 Å². The Labute approximate surface area is 102 Å². The van der Waals surface area contributed by atoms with Gasteiger partial charge in [0.15, 0.2) is 0 Å². The summed E-state index contributed by atoms with van der Waals surface area (Å²) in [7, 11) is 1.38. The van der Waals surface area contributed by atoms with Crippen LogP contribution in [0.3, 0.4) is 0 Å². The minimum atomic E-state index is -0.319. The molecule has 0 saturated heterocycles. The predicted molar refractivity (Wildman–Crippen MR) is 70.8 cm³/mol. The fourth-order valence-corrected chi connectivity index (χ4v) is 1.45. The van der Waals surface area contributed by atoms with Crippen LogP contribution in [0.15, 0.2) is 55.1 Å². The number of allylic oxidation sites excluding steroid dienone is 5. The van der Waals surface area contributed by atoms with Crippen molar-refractivity contribution in [3.05, 3.63) is 66.3 Å². The lowest BCUT2D eigenvalue weighted by Gasteiger charge is -2.03. The van der Waals surface area contributed by atoms with Crippen LogP contribution in [0.5, 0.6) is 0 Å². The fourth-order valence-electron chi connectivity index (χ4n) is 1.45. The van der Waals surface area contributed by atoms with Gasteiger partial charge in [-0.3, -0.25) is 0 Å². The summed E-state index contributed by atoms with van der Waals surface area (Å²) in [6.45, 7) is 5.60. The van der Waals surface area contributed by atoms with Gasteiger partial charge in [-0.25, -0.2) is 4.79 Å². The molecule has 0 aliphatic carbocycles. The number of ether oxygens (including phenoxy) is 1. The largest absolute Gasteiger partial charge is 0.465 e. The molecule has 0 aliphatic rings. The SMILES string of the molecule is C=C/C=C\C(=C/C)c1ccc(C(=O)OC)cc1. The number of carbonyl (C=O) groups excluding carboxylic acids is 1. The van der Waals surface area contributed by atoms with Gasteiger partial charge in [0.05, 0.1) is 12.7 Å². The van der Waals surface area contributed by atoms with Crippen LogP contribution in [-0.4, -0.2) is 13.1 Å². The normalized spacial score (nSPS) is 11.5. The van der Waals surface area contributed by atoms with E-state index in [1.54, 1.807) is 18.2 Å². The first-order valence-corrected chi connectivity index (χ1v) is 5.37. The van der Waals surface area contributed by atoms with Crippen LogP contribution in [0.25, 0.3) is 5.57 Å². The third-order valence-corrected chi connectivity index (χ3v) is 2.36. The molecule has 0 aromatic heterocycles. The van der Waals surface area contributed by atoms with Gasteiger partial charge in [0.1, 0.15) is 0 Å². The third-order valence-electron chi connectivity index (χ3n) is 2.36. The van der Waals surface area contributed by atoms with E-state index in [2.05, 4.69) is 11.3 Å². The van der Waals surface area contributed by atoms with Crippen LogP contribution in [0.4, 0.5) is 0 Å². The van der Waals surface area contributed by atoms with Crippen molar-refractivity contribution in [1.82, 2.24) is 0 Å². The monoisotopic (exact) mass is 228 g/mol. The maximum Gasteiger partial charge on any atom is 0.337 e. The number of benzene rings is 1. The molecule has 1 aromatic carbocycles. The Hall–Kier alpha value is -2.09. The molecule has 0 saturated carbocycles. The molecule has 0 fully saturated rings. The van der Waals surface area contributed by atoms with Crippen molar-refractivity contribution in [1.29, 1.82) is 0 Å². The second-order valence-electron chi connectivity index (χ2n) is 3.41. The van der Waals surface area contributed by atoms with Crippen LogP contribution in [0, 0.1) is 0 Å². The van der Waals surface area contributed by atoms with E-state index in [4.69, 9.17) is 0 Å². The Kier molecular flexibility index (Phi) is 4.95. The molecular formula is C15H16O2. The Morgan fingerprint density at radius 3 is 2.29 bits per heavy atom. The number of carbonyl (C=O) groups is 1. The van der Waals surface area contributed by atoms with Crippen molar-refractivity contribution < 1.29 is 9.53 Å². The van der Waals surface area contributed by atoms with E-state index in [1.807, 2.05) is 37.3 Å². The van der Waals surface area contributed by atoms with E-state index in [0.717, 1.165) is 11.1 Å². The fraction of sp³-hybridized carbons (Fsp3) is 0.133. The van der Waals surface area contributed by atoms with Gasteiger partial charge in [-0.2, -0.15) is 0 Å². The molecule has 0 N–H and O–H groups in total. The van der Waals surface area contributed by atoms with Gasteiger partial charge in [-0.05, 0) is 30.2 Å². The number of hydrogen-bond donors (Lipinski definition) is 0. The second kappa shape index (κ2) is 6.48. The zero-order valence-corrected chi connectivity index (χ0v) is 10.1. The molecule has 0 aliphatic heterocycles. The molecule has 0 spiro atoms. The smallest absolute Gasteiger partial charge is 0.337 e. The maximum atomic E-state index is 11.3. The number of hydrogen-bond acceptors (Lipinski definition) is 2. The van der Waals surface area contributed by atoms with Crippen LogP contribution in [0.1, 0.15) is 22.8 Å². The van der Waals surface area contributed by atoms with Crippen molar-refractivity contribution in [2.45, 2.75) is 6.92 Å². The van der Waals surface area contributed by atoms with Crippen molar-refractivity contribution >= 4 is 11.5 Å². The number of methoxy groups -OCH3 is 1. The zero-order chi connectivity index (χ0) is 12.7.